The molecule has 0 radical (unpaired) electrons. The zero-order chi connectivity index (χ0) is 18.9. The van der Waals surface area contributed by atoms with E-state index in [2.05, 4.69) is 10.5 Å². The number of amides is 1. The molecule has 1 amide bonds. The average molecular weight is 351 g/mol. The van der Waals surface area contributed by atoms with Crippen LogP contribution in [0.2, 0.25) is 0 Å². The Labute approximate surface area is 153 Å². The number of nitriles is 1. The van der Waals surface area contributed by atoms with Gasteiger partial charge in [-0.15, -0.1) is 0 Å². The predicted molar refractivity (Wildman–Crippen MR) is 99.3 cm³/mol. The van der Waals surface area contributed by atoms with E-state index in [0.717, 1.165) is 11.1 Å². The SMILES string of the molecule is C/C(=N/NC(=O)COc1ccc(C)c(C)c1)c1ccc(OCC#N)cc1. The van der Waals surface area contributed by atoms with E-state index in [9.17, 15) is 4.79 Å². The van der Waals surface area contributed by atoms with Gasteiger partial charge in [0, 0.05) is 0 Å². The number of aryl methyl sites for hydroxylation is 2. The normalized spacial score (nSPS) is 10.8. The largest absolute Gasteiger partial charge is 0.484 e. The molecule has 0 saturated heterocycles. The summed E-state index contributed by atoms with van der Waals surface area (Å²) >= 11 is 0. The van der Waals surface area contributed by atoms with Crippen molar-refractivity contribution in [1.82, 2.24) is 5.43 Å². The Kier molecular flexibility index (Phi) is 6.75. The molecular formula is C20H21N3O3. The van der Waals surface area contributed by atoms with E-state index in [-0.39, 0.29) is 19.1 Å². The van der Waals surface area contributed by atoms with Crippen molar-refractivity contribution in [3.05, 3.63) is 59.2 Å². The Balaban J connectivity index is 1.86. The van der Waals surface area contributed by atoms with E-state index in [1.807, 2.05) is 50.2 Å². The van der Waals surface area contributed by atoms with Crippen molar-refractivity contribution < 1.29 is 14.3 Å². The number of benzene rings is 2. The van der Waals surface area contributed by atoms with Crippen LogP contribution in [0.3, 0.4) is 0 Å². The molecule has 0 atom stereocenters. The van der Waals surface area contributed by atoms with Crippen molar-refractivity contribution in [2.75, 3.05) is 13.2 Å². The van der Waals surface area contributed by atoms with Crippen LogP contribution in [0.5, 0.6) is 11.5 Å². The summed E-state index contributed by atoms with van der Waals surface area (Å²) < 4.78 is 10.7. The van der Waals surface area contributed by atoms with Crippen LogP contribution in [-0.2, 0) is 4.79 Å². The third kappa shape index (κ3) is 5.64. The van der Waals surface area contributed by atoms with E-state index >= 15 is 0 Å². The molecule has 26 heavy (non-hydrogen) atoms. The van der Waals surface area contributed by atoms with Gasteiger partial charge in [0.25, 0.3) is 5.91 Å². The predicted octanol–water partition coefficient (Wildman–Crippen LogP) is 3.13. The molecule has 6 nitrogen and oxygen atoms in total. The van der Waals surface area contributed by atoms with Crippen LogP contribution >= 0.6 is 0 Å². The van der Waals surface area contributed by atoms with E-state index in [0.29, 0.717) is 17.2 Å². The van der Waals surface area contributed by atoms with Crippen LogP contribution in [0.4, 0.5) is 0 Å². The fourth-order valence-electron chi connectivity index (χ4n) is 2.10. The lowest BCUT2D eigenvalue weighted by Gasteiger charge is -2.08. The van der Waals surface area contributed by atoms with Crippen LogP contribution in [0.1, 0.15) is 23.6 Å². The maximum absolute atomic E-state index is 11.9. The molecule has 0 saturated carbocycles. The molecule has 0 spiro atoms. The molecule has 0 fully saturated rings. The molecule has 0 unspecified atom stereocenters. The molecule has 6 heteroatoms. The monoisotopic (exact) mass is 351 g/mol. The van der Waals surface area contributed by atoms with Crippen molar-refractivity contribution in [2.45, 2.75) is 20.8 Å². The molecule has 1 N–H and O–H groups in total. The maximum atomic E-state index is 11.9. The second-order valence-corrected chi connectivity index (χ2v) is 5.74. The van der Waals surface area contributed by atoms with Gasteiger partial charge in [0.05, 0.1) is 5.71 Å². The van der Waals surface area contributed by atoms with Gasteiger partial charge >= 0.3 is 0 Å². The van der Waals surface area contributed by atoms with Gasteiger partial charge in [-0.3, -0.25) is 4.79 Å². The van der Waals surface area contributed by atoms with Gasteiger partial charge in [-0.25, -0.2) is 5.43 Å². The fraction of sp³-hybridized carbons (Fsp3) is 0.250. The molecule has 2 aromatic carbocycles. The number of ether oxygens (including phenoxy) is 2. The first-order valence-corrected chi connectivity index (χ1v) is 8.13. The van der Waals surface area contributed by atoms with Crippen molar-refractivity contribution >= 4 is 11.6 Å². The Morgan fingerprint density at radius 2 is 1.77 bits per heavy atom. The summed E-state index contributed by atoms with van der Waals surface area (Å²) in [6.07, 6.45) is 0. The van der Waals surface area contributed by atoms with Crippen molar-refractivity contribution in [3.8, 4) is 17.6 Å². The van der Waals surface area contributed by atoms with Gasteiger partial charge < -0.3 is 9.47 Å². The summed E-state index contributed by atoms with van der Waals surface area (Å²) in [4.78, 5) is 11.9. The van der Waals surface area contributed by atoms with E-state index in [1.54, 1.807) is 19.1 Å². The third-order valence-corrected chi connectivity index (χ3v) is 3.77. The Morgan fingerprint density at radius 3 is 2.42 bits per heavy atom. The molecule has 0 aliphatic heterocycles. The second-order valence-electron chi connectivity index (χ2n) is 5.74. The number of rotatable bonds is 7. The van der Waals surface area contributed by atoms with Gasteiger partial charge in [-0.05, 0) is 73.9 Å². The first-order chi connectivity index (χ1) is 12.5. The number of nitrogens with one attached hydrogen (secondary N) is 1. The number of carbonyl (C=O) groups is 1. The third-order valence-electron chi connectivity index (χ3n) is 3.77. The summed E-state index contributed by atoms with van der Waals surface area (Å²) in [7, 11) is 0. The minimum Gasteiger partial charge on any atom is -0.484 e. The highest BCUT2D eigenvalue weighted by Crippen LogP contribution is 2.16. The molecule has 134 valence electrons. The summed E-state index contributed by atoms with van der Waals surface area (Å²) in [5.74, 6) is 0.919. The van der Waals surface area contributed by atoms with Gasteiger partial charge in [-0.2, -0.15) is 10.4 Å². The van der Waals surface area contributed by atoms with Crippen molar-refractivity contribution in [3.63, 3.8) is 0 Å². The molecule has 0 bridgehead atoms. The lowest BCUT2D eigenvalue weighted by Crippen LogP contribution is -2.25. The van der Waals surface area contributed by atoms with Crippen LogP contribution in [0.15, 0.2) is 47.6 Å². The van der Waals surface area contributed by atoms with Gasteiger partial charge in [-0.1, -0.05) is 6.07 Å². The van der Waals surface area contributed by atoms with Crippen molar-refractivity contribution in [1.29, 1.82) is 5.26 Å². The zero-order valence-electron chi connectivity index (χ0n) is 15.1. The molecular weight excluding hydrogens is 330 g/mol. The fourth-order valence-corrected chi connectivity index (χ4v) is 2.10. The summed E-state index contributed by atoms with van der Waals surface area (Å²) in [6, 6.07) is 14.7. The molecule has 0 heterocycles. The molecule has 0 aliphatic rings. The summed E-state index contributed by atoms with van der Waals surface area (Å²) in [5, 5.41) is 12.6. The Hall–Kier alpha value is -3.33. The average Bonchev–Trinajstić information content (AvgIpc) is 2.65. The van der Waals surface area contributed by atoms with Crippen LogP contribution in [-0.4, -0.2) is 24.8 Å². The first kappa shape index (κ1) is 19.0. The standard InChI is InChI=1S/C20H21N3O3/c1-14-4-7-19(12-15(14)2)26-13-20(24)23-22-16(3)17-5-8-18(9-6-17)25-11-10-21/h4-9,12H,11,13H2,1-3H3,(H,23,24)/b22-16-. The van der Waals surface area contributed by atoms with Gasteiger partial charge in [0.1, 0.15) is 17.6 Å². The lowest BCUT2D eigenvalue weighted by molar-refractivity contribution is -0.123. The molecule has 0 aromatic heterocycles. The smallest absolute Gasteiger partial charge is 0.277 e. The Bertz CT molecular complexity index is 836. The van der Waals surface area contributed by atoms with Crippen LogP contribution in [0, 0.1) is 25.2 Å². The van der Waals surface area contributed by atoms with Crippen molar-refractivity contribution in [2.24, 2.45) is 5.10 Å². The Morgan fingerprint density at radius 1 is 1.08 bits per heavy atom. The number of hydrogen-bond acceptors (Lipinski definition) is 5. The second kappa shape index (κ2) is 9.23. The number of carbonyl (C=O) groups excluding carboxylic acids is 1. The minimum absolute atomic E-state index is 0.00296. The molecule has 0 aliphatic carbocycles. The molecule has 2 rings (SSSR count). The van der Waals surface area contributed by atoms with E-state index in [1.165, 1.54) is 5.56 Å². The highest BCUT2D eigenvalue weighted by atomic mass is 16.5. The van der Waals surface area contributed by atoms with Gasteiger partial charge in [0.2, 0.25) is 0 Å². The van der Waals surface area contributed by atoms with Crippen LogP contribution < -0.4 is 14.9 Å². The van der Waals surface area contributed by atoms with Crippen LogP contribution in [0.25, 0.3) is 0 Å². The summed E-state index contributed by atoms with van der Waals surface area (Å²) in [5.41, 5.74) is 6.25. The maximum Gasteiger partial charge on any atom is 0.277 e. The van der Waals surface area contributed by atoms with E-state index < -0.39 is 0 Å². The number of hydrogen-bond donors (Lipinski definition) is 1. The minimum atomic E-state index is -0.337. The highest BCUT2D eigenvalue weighted by molar-refractivity contribution is 5.99. The molecule has 2 aromatic rings. The lowest BCUT2D eigenvalue weighted by atomic mass is 10.1. The summed E-state index contributed by atoms with van der Waals surface area (Å²) in [6.45, 7) is 5.69. The first-order valence-electron chi connectivity index (χ1n) is 8.13. The zero-order valence-corrected chi connectivity index (χ0v) is 15.1. The topological polar surface area (TPSA) is 83.7 Å². The highest BCUT2D eigenvalue weighted by Gasteiger charge is 2.04. The van der Waals surface area contributed by atoms with E-state index in [4.69, 9.17) is 14.7 Å². The van der Waals surface area contributed by atoms with Gasteiger partial charge in [0.15, 0.2) is 13.2 Å². The number of nitrogens with zero attached hydrogens (tertiary/aromatic N) is 2. The quantitative estimate of drug-likeness (QED) is 0.613. The number of hydrazone groups is 1.